The molecule has 1 aromatic carbocycles. The van der Waals surface area contributed by atoms with Crippen molar-refractivity contribution in [2.24, 2.45) is 0 Å². The molecule has 0 aliphatic rings. The van der Waals surface area contributed by atoms with Crippen molar-refractivity contribution < 1.29 is 18.0 Å². The monoisotopic (exact) mass is 445 g/mol. The lowest BCUT2D eigenvalue weighted by Gasteiger charge is -2.11. The summed E-state index contributed by atoms with van der Waals surface area (Å²) in [4.78, 5) is 12.5. The van der Waals surface area contributed by atoms with Crippen LogP contribution in [-0.2, 0) is 17.4 Å². The van der Waals surface area contributed by atoms with Crippen LogP contribution < -0.4 is 5.32 Å². The molecule has 160 valence electrons. The van der Waals surface area contributed by atoms with Crippen LogP contribution in [0, 0.1) is 11.3 Å². The van der Waals surface area contributed by atoms with Crippen LogP contribution in [0.2, 0.25) is 0 Å². The van der Waals surface area contributed by atoms with Crippen molar-refractivity contribution >= 4 is 28.5 Å². The van der Waals surface area contributed by atoms with Crippen molar-refractivity contribution in [1.29, 1.82) is 5.26 Å². The van der Waals surface area contributed by atoms with Crippen LogP contribution in [0.5, 0.6) is 0 Å². The molecule has 2 heterocycles. The third kappa shape index (κ3) is 5.58. The van der Waals surface area contributed by atoms with Crippen LogP contribution in [-0.4, -0.2) is 20.7 Å². The second kappa shape index (κ2) is 9.57. The average molecular weight is 445 g/mol. The number of halogens is 3. The maximum atomic E-state index is 13.0. The number of anilines is 1. The summed E-state index contributed by atoms with van der Waals surface area (Å²) in [7, 11) is 0. The first-order valence-electron chi connectivity index (χ1n) is 9.42. The minimum atomic E-state index is -4.48. The van der Waals surface area contributed by atoms with Crippen molar-refractivity contribution in [2.75, 3.05) is 5.32 Å². The van der Waals surface area contributed by atoms with Crippen LogP contribution in [0.15, 0.2) is 48.2 Å². The molecule has 31 heavy (non-hydrogen) atoms. The minimum absolute atomic E-state index is 0.211. The number of amides is 1. The number of benzene rings is 1. The van der Waals surface area contributed by atoms with Gasteiger partial charge in [-0.25, -0.2) is 0 Å². The Morgan fingerprint density at radius 2 is 2.10 bits per heavy atom. The molecule has 0 radical (unpaired) electrons. The molecule has 0 fully saturated rings. The minimum Gasteiger partial charge on any atom is -0.317 e. The lowest BCUT2D eigenvalue weighted by Crippen LogP contribution is -2.13. The van der Waals surface area contributed by atoms with Crippen molar-refractivity contribution in [3.63, 3.8) is 0 Å². The van der Waals surface area contributed by atoms with Crippen LogP contribution >= 0.6 is 11.3 Å². The summed E-state index contributed by atoms with van der Waals surface area (Å²) in [5.41, 5.74) is -0.361. The van der Waals surface area contributed by atoms with Gasteiger partial charge in [-0.05, 0) is 42.8 Å². The molecular weight excluding hydrogens is 427 g/mol. The number of nitrogens with one attached hydrogen (secondary N) is 1. The third-order valence-electron chi connectivity index (χ3n) is 4.32. The zero-order valence-electron chi connectivity index (χ0n) is 16.5. The number of carbonyl (C=O) groups is 1. The van der Waals surface area contributed by atoms with Crippen molar-refractivity contribution in [2.45, 2.75) is 32.4 Å². The van der Waals surface area contributed by atoms with Crippen molar-refractivity contribution in [1.82, 2.24) is 14.8 Å². The van der Waals surface area contributed by atoms with Gasteiger partial charge in [0, 0.05) is 24.0 Å². The molecule has 0 aliphatic carbocycles. The molecule has 1 N–H and O–H groups in total. The molecule has 3 aromatic rings. The van der Waals surface area contributed by atoms with Gasteiger partial charge >= 0.3 is 6.18 Å². The van der Waals surface area contributed by atoms with Gasteiger partial charge in [-0.1, -0.05) is 30.7 Å². The van der Waals surface area contributed by atoms with Gasteiger partial charge in [0.05, 0.1) is 5.56 Å². The zero-order chi connectivity index (χ0) is 22.4. The largest absolute Gasteiger partial charge is 0.416 e. The quantitative estimate of drug-likeness (QED) is 0.398. The Labute approximate surface area is 180 Å². The first-order chi connectivity index (χ1) is 14.8. The maximum Gasteiger partial charge on any atom is 0.416 e. The summed E-state index contributed by atoms with van der Waals surface area (Å²) in [6.07, 6.45) is 1.12. The Balaban J connectivity index is 1.83. The van der Waals surface area contributed by atoms with Gasteiger partial charge in [-0.15, -0.1) is 10.2 Å². The molecule has 3 rings (SSSR count). The molecule has 0 atom stereocenters. The van der Waals surface area contributed by atoms with E-state index in [-0.39, 0.29) is 16.4 Å². The van der Waals surface area contributed by atoms with E-state index in [1.807, 2.05) is 6.07 Å². The number of carbonyl (C=O) groups excluding carboxylic acids is 1. The van der Waals surface area contributed by atoms with E-state index in [9.17, 15) is 23.2 Å². The highest BCUT2D eigenvalue weighted by atomic mass is 32.1. The fraction of sp³-hybridized carbons (Fsp3) is 0.238. The predicted molar refractivity (Wildman–Crippen MR) is 112 cm³/mol. The number of aromatic nitrogens is 3. The van der Waals surface area contributed by atoms with Gasteiger partial charge in [-0.2, -0.15) is 18.4 Å². The van der Waals surface area contributed by atoms with Crippen LogP contribution in [0.4, 0.5) is 18.3 Å². The standard InChI is InChI=1S/C21H18F3N5OS/c1-2-3-9-18-27-28-20(31-18)26-19(30)14(13-25)11-16-8-5-10-29(16)17-7-4-6-15(12-17)21(22,23)24/h4-8,10-12H,2-3,9H2,1H3,(H,26,28,30). The van der Waals surface area contributed by atoms with Gasteiger partial charge in [0.1, 0.15) is 16.6 Å². The fourth-order valence-corrected chi connectivity index (χ4v) is 3.55. The second-order valence-corrected chi connectivity index (χ2v) is 7.64. The molecule has 0 unspecified atom stereocenters. The van der Waals surface area contributed by atoms with Gasteiger partial charge in [0.2, 0.25) is 5.13 Å². The zero-order valence-corrected chi connectivity index (χ0v) is 17.3. The first kappa shape index (κ1) is 22.2. The van der Waals surface area contributed by atoms with E-state index < -0.39 is 17.6 Å². The average Bonchev–Trinajstić information content (AvgIpc) is 3.39. The molecule has 0 saturated heterocycles. The Bertz CT molecular complexity index is 1140. The lowest BCUT2D eigenvalue weighted by atomic mass is 10.2. The molecular formula is C21H18F3N5OS. The number of nitrogens with zero attached hydrogens (tertiary/aromatic N) is 4. The van der Waals surface area contributed by atoms with E-state index in [0.717, 1.165) is 36.4 Å². The number of rotatable bonds is 7. The highest BCUT2D eigenvalue weighted by Crippen LogP contribution is 2.30. The molecule has 0 aliphatic heterocycles. The van der Waals surface area contributed by atoms with E-state index in [1.165, 1.54) is 34.1 Å². The highest BCUT2D eigenvalue weighted by molar-refractivity contribution is 7.15. The number of aryl methyl sites for hydroxylation is 1. The molecule has 0 saturated carbocycles. The summed E-state index contributed by atoms with van der Waals surface area (Å²) in [6.45, 7) is 2.06. The number of alkyl halides is 3. The molecule has 0 spiro atoms. The van der Waals surface area contributed by atoms with E-state index in [1.54, 1.807) is 18.3 Å². The predicted octanol–water partition coefficient (Wildman–Crippen LogP) is 5.24. The van der Waals surface area contributed by atoms with Crippen LogP contribution in [0.1, 0.15) is 36.0 Å². The Morgan fingerprint density at radius 3 is 2.81 bits per heavy atom. The van der Waals surface area contributed by atoms with E-state index in [0.29, 0.717) is 5.69 Å². The molecule has 10 heteroatoms. The van der Waals surface area contributed by atoms with E-state index in [2.05, 4.69) is 22.4 Å². The van der Waals surface area contributed by atoms with Crippen LogP contribution in [0.25, 0.3) is 11.8 Å². The summed E-state index contributed by atoms with van der Waals surface area (Å²) >= 11 is 1.24. The Hall–Kier alpha value is -3.45. The molecule has 1 amide bonds. The summed E-state index contributed by atoms with van der Waals surface area (Å²) in [6, 6.07) is 9.83. The second-order valence-electron chi connectivity index (χ2n) is 6.58. The van der Waals surface area contributed by atoms with Crippen LogP contribution in [0.3, 0.4) is 0 Å². The normalized spacial score (nSPS) is 11.9. The summed E-state index contributed by atoms with van der Waals surface area (Å²) in [5.74, 6) is -0.669. The van der Waals surface area contributed by atoms with Crippen molar-refractivity contribution in [3.05, 3.63) is 64.4 Å². The topological polar surface area (TPSA) is 83.6 Å². The molecule has 0 bridgehead atoms. The lowest BCUT2D eigenvalue weighted by molar-refractivity contribution is -0.137. The van der Waals surface area contributed by atoms with Gasteiger partial charge in [0.15, 0.2) is 0 Å². The number of nitriles is 1. The SMILES string of the molecule is CCCCc1nnc(NC(=O)C(C#N)=Cc2cccn2-c2cccc(C(F)(F)F)c2)s1. The van der Waals surface area contributed by atoms with Gasteiger partial charge < -0.3 is 4.57 Å². The van der Waals surface area contributed by atoms with Gasteiger partial charge in [0.25, 0.3) is 5.91 Å². The third-order valence-corrected chi connectivity index (χ3v) is 5.22. The summed E-state index contributed by atoms with van der Waals surface area (Å²) < 4.78 is 40.6. The number of unbranched alkanes of at least 4 members (excludes halogenated alkanes) is 1. The van der Waals surface area contributed by atoms with E-state index >= 15 is 0 Å². The molecule has 6 nitrogen and oxygen atoms in total. The fourth-order valence-electron chi connectivity index (χ4n) is 2.77. The van der Waals surface area contributed by atoms with E-state index in [4.69, 9.17) is 0 Å². The number of hydrogen-bond donors (Lipinski definition) is 1. The maximum absolute atomic E-state index is 13.0. The molecule has 2 aromatic heterocycles. The highest BCUT2D eigenvalue weighted by Gasteiger charge is 2.30. The van der Waals surface area contributed by atoms with Gasteiger partial charge in [-0.3, -0.25) is 10.1 Å². The number of hydrogen-bond acceptors (Lipinski definition) is 5. The summed E-state index contributed by atoms with van der Waals surface area (Å²) in [5, 5.41) is 21.0. The Kier molecular flexibility index (Phi) is 6.87. The first-order valence-corrected chi connectivity index (χ1v) is 10.2. The Morgan fingerprint density at radius 1 is 1.29 bits per heavy atom. The smallest absolute Gasteiger partial charge is 0.317 e. The van der Waals surface area contributed by atoms with Crippen molar-refractivity contribution in [3.8, 4) is 11.8 Å².